The van der Waals surface area contributed by atoms with Gasteiger partial charge < -0.3 is 20.7 Å². The summed E-state index contributed by atoms with van der Waals surface area (Å²) >= 11 is 11.6. The summed E-state index contributed by atoms with van der Waals surface area (Å²) in [6.45, 7) is 2.58. The summed E-state index contributed by atoms with van der Waals surface area (Å²) in [7, 11) is 0. The third-order valence-corrected chi connectivity index (χ3v) is 6.40. The highest BCUT2D eigenvalue weighted by molar-refractivity contribution is 9.10. The highest BCUT2D eigenvalue weighted by Crippen LogP contribution is 2.40. The van der Waals surface area contributed by atoms with Gasteiger partial charge in [-0.3, -0.25) is 0 Å². The monoisotopic (exact) mass is 453 g/mol. The van der Waals surface area contributed by atoms with Crippen molar-refractivity contribution in [3.05, 3.63) is 61.8 Å². The molecule has 0 saturated carbocycles. The Labute approximate surface area is 171 Å². The van der Waals surface area contributed by atoms with Gasteiger partial charge in [-0.05, 0) is 59.3 Å². The van der Waals surface area contributed by atoms with Crippen molar-refractivity contribution in [1.82, 2.24) is 16.0 Å². The maximum atomic E-state index is 6.21. The van der Waals surface area contributed by atoms with Crippen LogP contribution in [0, 0.1) is 0 Å². The number of fused-ring (bicyclic) bond motifs is 2. The Morgan fingerprint density at radius 2 is 2.23 bits per heavy atom. The molecular formula is C19H21BrClN3OS. The molecule has 0 saturated heterocycles. The lowest BCUT2D eigenvalue weighted by molar-refractivity contribution is 0.251. The zero-order chi connectivity index (χ0) is 17.9. The molecule has 1 atom stereocenters. The van der Waals surface area contributed by atoms with Gasteiger partial charge in [0, 0.05) is 40.3 Å². The number of dihydropyridines is 1. The molecule has 138 valence electrons. The maximum Gasteiger partial charge on any atom is 0.138 e. The summed E-state index contributed by atoms with van der Waals surface area (Å²) in [6, 6.07) is 4.17. The average molecular weight is 455 g/mol. The predicted octanol–water partition coefficient (Wildman–Crippen LogP) is 4.45. The maximum absolute atomic E-state index is 6.21. The number of nitrogens with one attached hydrogen (secondary N) is 3. The molecule has 0 aliphatic carbocycles. The van der Waals surface area contributed by atoms with Gasteiger partial charge in [0.15, 0.2) is 0 Å². The fraction of sp³-hybridized carbons (Fsp3) is 0.368. The Hall–Kier alpha value is -1.08. The van der Waals surface area contributed by atoms with E-state index in [-0.39, 0.29) is 6.04 Å². The van der Waals surface area contributed by atoms with Crippen LogP contribution in [0.1, 0.15) is 24.4 Å². The van der Waals surface area contributed by atoms with Crippen LogP contribution in [0.4, 0.5) is 0 Å². The van der Waals surface area contributed by atoms with Crippen LogP contribution in [0.25, 0.3) is 0 Å². The van der Waals surface area contributed by atoms with Crippen LogP contribution in [-0.2, 0) is 0 Å². The minimum absolute atomic E-state index is 0.284. The minimum Gasteiger partial charge on any atom is -0.492 e. The molecule has 4 rings (SSSR count). The summed E-state index contributed by atoms with van der Waals surface area (Å²) in [4.78, 5) is 1.33. The highest BCUT2D eigenvalue weighted by Gasteiger charge is 2.23. The number of benzene rings is 1. The van der Waals surface area contributed by atoms with Gasteiger partial charge >= 0.3 is 0 Å². The number of ether oxygens (including phenoxy) is 1. The Morgan fingerprint density at radius 3 is 3.15 bits per heavy atom. The van der Waals surface area contributed by atoms with Crippen molar-refractivity contribution in [1.29, 1.82) is 0 Å². The molecule has 1 aromatic carbocycles. The largest absolute Gasteiger partial charge is 0.492 e. The third-order valence-electron chi connectivity index (χ3n) is 4.59. The van der Waals surface area contributed by atoms with Crippen molar-refractivity contribution in [3.8, 4) is 5.75 Å². The summed E-state index contributed by atoms with van der Waals surface area (Å²) < 4.78 is 6.72. The zero-order valence-electron chi connectivity index (χ0n) is 14.3. The van der Waals surface area contributed by atoms with E-state index in [0.717, 1.165) is 64.9 Å². The van der Waals surface area contributed by atoms with Crippen LogP contribution < -0.4 is 20.7 Å². The molecule has 0 bridgehead atoms. The van der Waals surface area contributed by atoms with Crippen LogP contribution >= 0.6 is 39.3 Å². The first kappa shape index (κ1) is 18.3. The number of rotatable bonds is 6. The van der Waals surface area contributed by atoms with Crippen LogP contribution in [0.5, 0.6) is 5.75 Å². The zero-order valence-corrected chi connectivity index (χ0v) is 17.4. The van der Waals surface area contributed by atoms with Crippen LogP contribution in [0.15, 0.2) is 51.3 Å². The lowest BCUT2D eigenvalue weighted by Crippen LogP contribution is -2.32. The quantitative estimate of drug-likeness (QED) is 0.554. The Morgan fingerprint density at radius 1 is 1.31 bits per heavy atom. The average Bonchev–Trinajstić information content (AvgIpc) is 3.09. The second-order valence-corrected chi connectivity index (χ2v) is 8.75. The SMILES string of the molecule is Clc1cc(Br)c2c(c1)[C@H](NCCCNC1=CC=C3SCC=C3N1)CCO2. The number of hydrogen-bond donors (Lipinski definition) is 3. The molecule has 0 aromatic heterocycles. The molecule has 3 aliphatic rings. The van der Waals surface area contributed by atoms with E-state index in [1.807, 2.05) is 23.9 Å². The first-order chi connectivity index (χ1) is 12.7. The fourth-order valence-electron chi connectivity index (χ4n) is 3.32. The van der Waals surface area contributed by atoms with E-state index in [0.29, 0.717) is 0 Å². The summed E-state index contributed by atoms with van der Waals surface area (Å²) in [5.74, 6) is 3.05. The van der Waals surface area contributed by atoms with Crippen LogP contribution in [0.2, 0.25) is 5.02 Å². The number of thioether (sulfide) groups is 1. The standard InChI is InChI=1S/C19H21BrClN3OS/c20-14-11-12(21)10-13-15(4-8-25-19(13)14)22-6-1-7-23-18-3-2-17-16(24-18)5-9-26-17/h2-3,5,10-11,15,22-24H,1,4,6-9H2/t15-/m1/s1. The van der Waals surface area contributed by atoms with E-state index in [1.54, 1.807) is 0 Å². The lowest BCUT2D eigenvalue weighted by Gasteiger charge is -2.28. The molecule has 0 spiro atoms. The minimum atomic E-state index is 0.284. The van der Waals surface area contributed by atoms with Crippen molar-refractivity contribution in [2.24, 2.45) is 0 Å². The normalized spacial score (nSPS) is 20.8. The number of allylic oxidation sites excluding steroid dienone is 2. The van der Waals surface area contributed by atoms with Gasteiger partial charge in [0.25, 0.3) is 0 Å². The van der Waals surface area contributed by atoms with Crippen molar-refractivity contribution in [2.75, 3.05) is 25.4 Å². The molecule has 26 heavy (non-hydrogen) atoms. The van der Waals surface area contributed by atoms with Gasteiger partial charge in [-0.25, -0.2) is 0 Å². The molecule has 0 radical (unpaired) electrons. The van der Waals surface area contributed by atoms with E-state index < -0.39 is 0 Å². The van der Waals surface area contributed by atoms with Crippen LogP contribution in [-0.4, -0.2) is 25.4 Å². The van der Waals surface area contributed by atoms with Gasteiger partial charge in [0.2, 0.25) is 0 Å². The van der Waals surface area contributed by atoms with Gasteiger partial charge in [0.05, 0.1) is 16.8 Å². The molecule has 3 heterocycles. The second kappa shape index (κ2) is 8.30. The molecule has 0 unspecified atom stereocenters. The third kappa shape index (κ3) is 4.09. The molecule has 4 nitrogen and oxygen atoms in total. The molecule has 0 amide bonds. The van der Waals surface area contributed by atoms with E-state index in [2.05, 4.69) is 50.1 Å². The molecule has 3 N–H and O–H groups in total. The van der Waals surface area contributed by atoms with Crippen molar-refractivity contribution < 1.29 is 4.74 Å². The topological polar surface area (TPSA) is 45.3 Å². The van der Waals surface area contributed by atoms with Gasteiger partial charge in [-0.15, -0.1) is 11.8 Å². The van der Waals surface area contributed by atoms with Gasteiger partial charge in [-0.2, -0.15) is 0 Å². The molecule has 1 aromatic rings. The van der Waals surface area contributed by atoms with E-state index in [1.165, 1.54) is 10.6 Å². The smallest absolute Gasteiger partial charge is 0.138 e. The summed E-state index contributed by atoms with van der Waals surface area (Å²) in [5.41, 5.74) is 2.38. The van der Waals surface area contributed by atoms with Gasteiger partial charge in [0.1, 0.15) is 11.6 Å². The molecule has 7 heteroatoms. The molecule has 3 aliphatic heterocycles. The Kier molecular flexibility index (Phi) is 5.84. The van der Waals surface area contributed by atoms with E-state index >= 15 is 0 Å². The predicted molar refractivity (Wildman–Crippen MR) is 112 cm³/mol. The first-order valence-corrected chi connectivity index (χ1v) is 11.0. The first-order valence-electron chi connectivity index (χ1n) is 8.82. The fourth-order valence-corrected chi connectivity index (χ4v) is 5.15. The summed E-state index contributed by atoms with van der Waals surface area (Å²) in [6.07, 6.45) is 8.53. The Bertz CT molecular complexity index is 793. The van der Waals surface area contributed by atoms with E-state index in [4.69, 9.17) is 16.3 Å². The number of halogens is 2. The Balaban J connectivity index is 1.25. The number of hydrogen-bond acceptors (Lipinski definition) is 5. The van der Waals surface area contributed by atoms with Crippen molar-refractivity contribution in [3.63, 3.8) is 0 Å². The summed E-state index contributed by atoms with van der Waals surface area (Å²) in [5, 5.41) is 11.3. The molecule has 0 fully saturated rings. The second-order valence-electron chi connectivity index (χ2n) is 6.40. The highest BCUT2D eigenvalue weighted by atomic mass is 79.9. The van der Waals surface area contributed by atoms with Crippen molar-refractivity contribution >= 4 is 39.3 Å². The lowest BCUT2D eigenvalue weighted by atomic mass is 10.0. The van der Waals surface area contributed by atoms with Crippen LogP contribution in [0.3, 0.4) is 0 Å². The van der Waals surface area contributed by atoms with E-state index in [9.17, 15) is 0 Å². The molecular weight excluding hydrogens is 434 g/mol. The van der Waals surface area contributed by atoms with Gasteiger partial charge in [-0.1, -0.05) is 11.6 Å². The van der Waals surface area contributed by atoms with Crippen molar-refractivity contribution in [2.45, 2.75) is 18.9 Å².